The van der Waals surface area contributed by atoms with Gasteiger partial charge >= 0.3 is 0 Å². The van der Waals surface area contributed by atoms with Crippen molar-refractivity contribution >= 4 is 11.8 Å². The maximum Gasteiger partial charge on any atom is 0.191 e. The lowest BCUT2D eigenvalue weighted by Gasteiger charge is -2.07. The predicted molar refractivity (Wildman–Crippen MR) is 69.0 cm³/mol. The normalized spacial score (nSPS) is 15.2. The molecule has 7 heteroatoms. The van der Waals surface area contributed by atoms with Crippen molar-refractivity contribution < 1.29 is 0 Å². The van der Waals surface area contributed by atoms with Gasteiger partial charge in [0.1, 0.15) is 5.82 Å². The van der Waals surface area contributed by atoms with E-state index in [2.05, 4.69) is 19.7 Å². The summed E-state index contributed by atoms with van der Waals surface area (Å²) >= 11 is 1.70. The van der Waals surface area contributed by atoms with Crippen LogP contribution in [-0.2, 0) is 19.3 Å². The molecule has 3 rings (SSSR count). The van der Waals surface area contributed by atoms with Gasteiger partial charge in [-0.1, -0.05) is 11.8 Å². The molecule has 2 N–H and O–H groups in total. The van der Waals surface area contributed by atoms with Crippen molar-refractivity contribution in [2.75, 3.05) is 0 Å². The van der Waals surface area contributed by atoms with E-state index in [9.17, 15) is 0 Å². The van der Waals surface area contributed by atoms with E-state index in [0.717, 1.165) is 16.7 Å². The zero-order valence-corrected chi connectivity index (χ0v) is 11.1. The van der Waals surface area contributed by atoms with Crippen LogP contribution in [0.4, 0.5) is 0 Å². The van der Waals surface area contributed by atoms with Gasteiger partial charge in [-0.15, -0.1) is 10.2 Å². The summed E-state index contributed by atoms with van der Waals surface area (Å²) in [7, 11) is 2.00. The number of nitrogens with zero attached hydrogens (tertiary/aromatic N) is 5. The average molecular weight is 264 g/mol. The number of aryl methyl sites for hydroxylation is 1. The summed E-state index contributed by atoms with van der Waals surface area (Å²) in [5.41, 5.74) is 6.88. The molecule has 0 radical (unpaired) electrons. The van der Waals surface area contributed by atoms with Gasteiger partial charge in [0.15, 0.2) is 5.16 Å². The highest BCUT2D eigenvalue weighted by Crippen LogP contribution is 2.39. The quantitative estimate of drug-likeness (QED) is 0.818. The maximum absolute atomic E-state index is 5.70. The molecule has 96 valence electrons. The van der Waals surface area contributed by atoms with E-state index in [1.807, 2.05) is 24.1 Å². The molecule has 0 atom stereocenters. The van der Waals surface area contributed by atoms with E-state index in [0.29, 0.717) is 12.6 Å². The molecule has 0 aromatic carbocycles. The third kappa shape index (κ3) is 2.15. The van der Waals surface area contributed by atoms with Gasteiger partial charge in [-0.05, 0) is 12.8 Å². The zero-order valence-electron chi connectivity index (χ0n) is 10.3. The van der Waals surface area contributed by atoms with Crippen LogP contribution < -0.4 is 5.73 Å². The second-order valence-corrected chi connectivity index (χ2v) is 5.43. The molecule has 0 amide bonds. The van der Waals surface area contributed by atoms with E-state index in [1.165, 1.54) is 18.5 Å². The minimum absolute atomic E-state index is 0.454. The number of rotatable bonds is 5. The Morgan fingerprint density at radius 2 is 2.28 bits per heavy atom. The van der Waals surface area contributed by atoms with Gasteiger partial charge < -0.3 is 14.9 Å². The fourth-order valence-electron chi connectivity index (χ4n) is 1.91. The second kappa shape index (κ2) is 4.74. The van der Waals surface area contributed by atoms with Crippen LogP contribution in [-0.4, -0.2) is 24.3 Å². The van der Waals surface area contributed by atoms with Crippen molar-refractivity contribution in [1.82, 2.24) is 24.3 Å². The Balaban J connectivity index is 1.76. The van der Waals surface area contributed by atoms with Crippen molar-refractivity contribution in [2.24, 2.45) is 12.8 Å². The number of hydrogen-bond acceptors (Lipinski definition) is 5. The molecule has 0 saturated heterocycles. The van der Waals surface area contributed by atoms with Crippen LogP contribution in [0.1, 0.15) is 30.4 Å². The van der Waals surface area contributed by atoms with Gasteiger partial charge in [-0.25, -0.2) is 4.98 Å². The molecule has 0 aliphatic heterocycles. The molecule has 0 unspecified atom stereocenters. The molecule has 1 aliphatic rings. The molecule has 2 heterocycles. The number of imidazole rings is 1. The van der Waals surface area contributed by atoms with Gasteiger partial charge in [0.25, 0.3) is 0 Å². The first-order chi connectivity index (χ1) is 8.79. The lowest BCUT2D eigenvalue weighted by atomic mass is 10.5. The van der Waals surface area contributed by atoms with Crippen molar-refractivity contribution in [3.63, 3.8) is 0 Å². The molecule has 2 aromatic rings. The summed E-state index contributed by atoms with van der Waals surface area (Å²) in [6.45, 7) is 0.454. The fourth-order valence-corrected chi connectivity index (χ4v) is 2.95. The third-order valence-corrected chi connectivity index (χ3v) is 4.07. The van der Waals surface area contributed by atoms with Crippen LogP contribution in [0.2, 0.25) is 0 Å². The van der Waals surface area contributed by atoms with E-state index in [1.54, 1.807) is 11.8 Å². The van der Waals surface area contributed by atoms with Gasteiger partial charge in [0, 0.05) is 30.7 Å². The third-order valence-electron chi connectivity index (χ3n) is 3.10. The van der Waals surface area contributed by atoms with E-state index < -0.39 is 0 Å². The molecule has 1 saturated carbocycles. The summed E-state index contributed by atoms with van der Waals surface area (Å²) in [5.74, 6) is 1.75. The topological polar surface area (TPSA) is 74.6 Å². The molecular formula is C11H16N6S. The number of aromatic nitrogens is 5. The number of thioether (sulfide) groups is 1. The largest absolute Gasteiger partial charge is 0.337 e. The highest BCUT2D eigenvalue weighted by Gasteiger charge is 2.29. The van der Waals surface area contributed by atoms with Crippen LogP contribution >= 0.6 is 11.8 Å². The van der Waals surface area contributed by atoms with Crippen molar-refractivity contribution in [1.29, 1.82) is 0 Å². The number of nitrogens with two attached hydrogens (primary N) is 1. The van der Waals surface area contributed by atoms with Crippen molar-refractivity contribution in [3.8, 4) is 0 Å². The summed E-state index contributed by atoms with van der Waals surface area (Å²) in [4.78, 5) is 4.11. The Labute approximate surface area is 110 Å². The first kappa shape index (κ1) is 11.7. The van der Waals surface area contributed by atoms with Crippen molar-refractivity contribution in [2.45, 2.75) is 36.3 Å². The van der Waals surface area contributed by atoms with E-state index in [4.69, 9.17) is 5.73 Å². The van der Waals surface area contributed by atoms with Crippen LogP contribution in [0.15, 0.2) is 17.7 Å². The first-order valence-corrected chi connectivity index (χ1v) is 7.00. The van der Waals surface area contributed by atoms with Gasteiger partial charge in [-0.3, -0.25) is 0 Å². The van der Waals surface area contributed by atoms with Crippen LogP contribution in [0.3, 0.4) is 0 Å². The van der Waals surface area contributed by atoms with Crippen LogP contribution in [0.25, 0.3) is 0 Å². The predicted octanol–water partition coefficient (Wildman–Crippen LogP) is 1.10. The minimum Gasteiger partial charge on any atom is -0.337 e. The van der Waals surface area contributed by atoms with Crippen LogP contribution in [0.5, 0.6) is 0 Å². The van der Waals surface area contributed by atoms with Gasteiger partial charge in [-0.2, -0.15) is 0 Å². The van der Waals surface area contributed by atoms with E-state index >= 15 is 0 Å². The Bertz CT molecular complexity index is 541. The molecule has 1 aliphatic carbocycles. The van der Waals surface area contributed by atoms with Crippen molar-refractivity contribution in [3.05, 3.63) is 24.0 Å². The Morgan fingerprint density at radius 1 is 1.44 bits per heavy atom. The monoisotopic (exact) mass is 264 g/mol. The van der Waals surface area contributed by atoms with Gasteiger partial charge in [0.05, 0.1) is 12.9 Å². The smallest absolute Gasteiger partial charge is 0.191 e. The lowest BCUT2D eigenvalue weighted by molar-refractivity contribution is 0.626. The second-order valence-electron chi connectivity index (χ2n) is 4.49. The zero-order chi connectivity index (χ0) is 12.5. The molecule has 18 heavy (non-hydrogen) atoms. The average Bonchev–Trinajstić information content (AvgIpc) is 3.00. The highest BCUT2D eigenvalue weighted by atomic mass is 32.2. The molecular weight excluding hydrogens is 248 g/mol. The summed E-state index contributed by atoms with van der Waals surface area (Å²) in [6, 6.07) is 0.563. The molecule has 0 spiro atoms. The highest BCUT2D eigenvalue weighted by molar-refractivity contribution is 7.98. The molecule has 0 bridgehead atoms. The Kier molecular flexibility index (Phi) is 3.09. The Morgan fingerprint density at radius 3 is 2.89 bits per heavy atom. The number of hydrogen-bond donors (Lipinski definition) is 1. The maximum atomic E-state index is 5.70. The Hall–Kier alpha value is -1.34. The lowest BCUT2D eigenvalue weighted by Crippen LogP contribution is -2.08. The summed E-state index contributed by atoms with van der Waals surface area (Å²) < 4.78 is 4.22. The molecule has 6 nitrogen and oxygen atoms in total. The first-order valence-electron chi connectivity index (χ1n) is 6.01. The van der Waals surface area contributed by atoms with E-state index in [-0.39, 0.29) is 0 Å². The molecule has 1 fully saturated rings. The standard InChI is InChI=1S/C11H16N6S/c1-16-7-13-5-9(16)6-18-11-15-14-10(4-12)17(11)8-2-3-8/h5,7-8H,2-4,6,12H2,1H3. The molecule has 2 aromatic heterocycles. The minimum atomic E-state index is 0.454. The van der Waals surface area contributed by atoms with Crippen LogP contribution in [0, 0.1) is 0 Å². The SMILES string of the molecule is Cn1cncc1CSc1nnc(CN)n1C1CC1. The van der Waals surface area contributed by atoms with Gasteiger partial charge in [0.2, 0.25) is 0 Å². The summed E-state index contributed by atoms with van der Waals surface area (Å²) in [6.07, 6.45) is 6.12. The fraction of sp³-hybridized carbons (Fsp3) is 0.545. The summed E-state index contributed by atoms with van der Waals surface area (Å²) in [5, 5.41) is 9.38.